The van der Waals surface area contributed by atoms with Gasteiger partial charge in [0.15, 0.2) is 0 Å². The Bertz CT molecular complexity index is 6040. The van der Waals surface area contributed by atoms with Crippen LogP contribution in [0.25, 0.3) is 22.8 Å². The molecule has 6 aliphatic carbocycles. The van der Waals surface area contributed by atoms with E-state index in [0.717, 1.165) is 36.5 Å². The molecule has 6 fully saturated rings. The Morgan fingerprint density at radius 1 is 0.248 bits per heavy atom. The van der Waals surface area contributed by atoms with Crippen LogP contribution in [0.2, 0.25) is 0 Å². The number of para-hydroxylation sites is 4. The van der Waals surface area contributed by atoms with E-state index < -0.39 is 6.02 Å². The van der Waals surface area contributed by atoms with Gasteiger partial charge in [0.2, 0.25) is 0 Å². The molecule has 0 N–H and O–H groups in total. The number of nitrogens with zero attached hydrogens (tertiary/aromatic N) is 8. The topological polar surface area (TPSA) is 25.9 Å². The summed E-state index contributed by atoms with van der Waals surface area (Å²) in [5, 5.41) is 0. The summed E-state index contributed by atoms with van der Waals surface area (Å²) in [6.45, 7) is 47.7. The van der Waals surface area contributed by atoms with Crippen LogP contribution in [-0.4, -0.2) is 44.3 Å². The smallest absolute Gasteiger partial charge is 0.112 e. The zero-order chi connectivity index (χ0) is 96.5. The highest BCUT2D eigenvalue weighted by Gasteiger charge is 2.68. The van der Waals surface area contributed by atoms with Crippen molar-refractivity contribution >= 4 is 45.5 Å². The summed E-state index contributed by atoms with van der Waals surface area (Å²) in [4.78, 5) is 22.2. The molecular weight excluding hydrogens is 1710 g/mol. The molecule has 6 saturated carbocycles. The van der Waals surface area contributed by atoms with Crippen LogP contribution < -0.4 is 19.6 Å². The molecule has 23 rings (SSSR count). The zero-order valence-corrected chi connectivity index (χ0v) is 87.7. The van der Waals surface area contributed by atoms with E-state index in [9.17, 15) is 1.37 Å². The molecule has 8 aliphatic heterocycles. The van der Waals surface area contributed by atoms with Crippen LogP contribution in [0.4, 0.5) is 22.7 Å². The van der Waals surface area contributed by atoms with E-state index in [1.807, 2.05) is 0 Å². The molecule has 0 amide bonds. The first kappa shape index (κ1) is 103. The maximum absolute atomic E-state index is 10.2. The first-order valence-electron chi connectivity index (χ1n) is 55.2. The third-order valence-electron chi connectivity index (χ3n) is 36.1. The summed E-state index contributed by atoms with van der Waals surface area (Å²) in [7, 11) is 0. The van der Waals surface area contributed by atoms with E-state index >= 15 is 0 Å². The first-order chi connectivity index (χ1) is 66.4. The molecular formula is C133H182N8. The van der Waals surface area contributed by atoms with Crippen LogP contribution in [0.5, 0.6) is 0 Å². The second kappa shape index (κ2) is 41.1. The van der Waals surface area contributed by atoms with Gasteiger partial charge in [0, 0.05) is 89.5 Å². The van der Waals surface area contributed by atoms with E-state index in [4.69, 9.17) is 0 Å². The summed E-state index contributed by atoms with van der Waals surface area (Å²) in [6.07, 6.45) is 40.2. The predicted molar refractivity (Wildman–Crippen MR) is 606 cm³/mol. The summed E-state index contributed by atoms with van der Waals surface area (Å²) < 4.78 is 10.2. The van der Waals surface area contributed by atoms with Crippen molar-refractivity contribution in [2.75, 3.05) is 19.6 Å². The van der Waals surface area contributed by atoms with Gasteiger partial charge in [0.1, 0.15) is 24.7 Å². The summed E-state index contributed by atoms with van der Waals surface area (Å²) in [6, 6.07) is 83.8. The lowest BCUT2D eigenvalue weighted by Crippen LogP contribution is -2.61. The van der Waals surface area contributed by atoms with Crippen molar-refractivity contribution in [3.8, 4) is 0 Å². The van der Waals surface area contributed by atoms with Crippen LogP contribution in [-0.2, 0) is 16.6 Å². The fourth-order valence-corrected chi connectivity index (χ4v) is 31.0. The number of anilines is 4. The van der Waals surface area contributed by atoms with E-state index in [2.05, 4.69) is 402 Å². The average molecular weight is 1890 g/mol. The molecule has 7 atom stereocenters. The van der Waals surface area contributed by atoms with Gasteiger partial charge in [-0.2, -0.15) is 0 Å². The standard InChI is InChI=1S/C34H46N2.C34H40N2.C33H44N2.C28H36N2.4CH4/c2*1-24-16-12-15-23-30(24)35-25(2)31-28-21-13-14-22-29(28)34(26-17-8-6-9-18-26,27-19-10-7-11-20-27)36(31)32(35)33(3,4)5;1-23-15-9-14-22-29(23)34-24(2)30-27-20-12-13-21-28(27)33(26-18-10-11-19-26,25-16-7-6-8-17-25)35(30)31(34)32(3,4)5;1-19-13-9-12-18-24(19)29-20(2)25-22-16-10-11-17-23(22)26(21-14-7-6-8-15-21)30(25)27(29)28(3,4)5;;;;/h12-16,21-23,26-27,32H,6-11,17-20H2,1-5H3;6,8-9,12-18,21-23,27,32H,7,10-11,19-20H2,1-5H3;9,12-15,20-22,25-26,31H,6-8,10-11,16-19H2,1-5H3;9-13,16-18,21,26-27H,6-8,14-15H2,1-5H3;4*1H4/i;;;26D;;;;. The molecule has 0 aromatic heterocycles. The number of benzene rings is 9. The second-order valence-electron chi connectivity index (χ2n) is 48.8. The third-order valence-corrected chi connectivity index (χ3v) is 36.1. The van der Waals surface area contributed by atoms with Crippen molar-refractivity contribution in [1.82, 2.24) is 19.6 Å². The molecule has 8 heterocycles. The SMILES string of the molecule is C.C.C.C.CC1=C2c3ccccc3C(C3CCCCC3)(C3CCCC3)N2C(C(C)(C)C)N1c1ccccc1C.CC1=C2c3ccccc3C(C3CCCCC3)(C3CCCCC3)N2C(C(C)(C)C)N1c1ccccc1C.CC1=C2c3ccccc3C(c3ccccc3)(C3CCCCC3)N2C(C(C)(C)C)N1c1ccccc1C.[2H]C1(C2CCCCC2)c2ccccc2C2=C(C)N(c3ccccc3C)C(C(C)(C)C)N21. The highest BCUT2D eigenvalue weighted by molar-refractivity contribution is 5.88. The van der Waals surface area contributed by atoms with Gasteiger partial charge in [-0.1, -0.05) is 422 Å². The van der Waals surface area contributed by atoms with E-state index in [-0.39, 0.29) is 80.3 Å². The summed E-state index contributed by atoms with van der Waals surface area (Å²) in [5.41, 5.74) is 35.6. The van der Waals surface area contributed by atoms with Crippen LogP contribution in [0.1, 0.15) is 406 Å². The molecule has 0 saturated heterocycles. The quantitative estimate of drug-likeness (QED) is 0.126. The van der Waals surface area contributed by atoms with Gasteiger partial charge in [-0.25, -0.2) is 0 Å². The van der Waals surface area contributed by atoms with E-state index in [1.54, 1.807) is 11.1 Å². The van der Waals surface area contributed by atoms with Crippen molar-refractivity contribution in [1.29, 1.82) is 0 Å². The average Bonchev–Trinajstić information content (AvgIpc) is 1.53. The van der Waals surface area contributed by atoms with Gasteiger partial charge in [-0.15, -0.1) is 0 Å². The number of fused-ring (bicyclic) bond motifs is 12. The lowest BCUT2D eigenvalue weighted by atomic mass is 9.60. The Morgan fingerprint density at radius 2 is 0.504 bits per heavy atom. The summed E-state index contributed by atoms with van der Waals surface area (Å²) in [5.74, 6) is 3.92. The highest BCUT2D eigenvalue weighted by Crippen LogP contribution is 2.70. The van der Waals surface area contributed by atoms with Crippen molar-refractivity contribution in [2.24, 2.45) is 57.2 Å². The maximum Gasteiger partial charge on any atom is 0.112 e. The largest absolute Gasteiger partial charge is 0.341 e. The minimum absolute atomic E-state index is 0. The van der Waals surface area contributed by atoms with E-state index in [0.29, 0.717) is 24.2 Å². The fourth-order valence-electron chi connectivity index (χ4n) is 31.0. The van der Waals surface area contributed by atoms with Crippen LogP contribution in [0, 0.1) is 84.9 Å². The zero-order valence-electron chi connectivity index (χ0n) is 88.7. The molecule has 754 valence electrons. The molecule has 14 aliphatic rings. The monoisotopic (exact) mass is 1890 g/mol. The number of rotatable bonds is 11. The predicted octanol–water partition coefficient (Wildman–Crippen LogP) is 36.9. The van der Waals surface area contributed by atoms with Gasteiger partial charge < -0.3 is 39.2 Å². The normalized spacial score (nSPS) is 25.2. The molecule has 141 heavy (non-hydrogen) atoms. The second-order valence-corrected chi connectivity index (χ2v) is 48.8. The molecule has 0 spiro atoms. The molecule has 7 unspecified atom stereocenters. The maximum atomic E-state index is 10.2. The van der Waals surface area contributed by atoms with Crippen molar-refractivity contribution in [3.63, 3.8) is 0 Å². The van der Waals surface area contributed by atoms with Crippen molar-refractivity contribution < 1.29 is 1.37 Å². The van der Waals surface area contributed by atoms with Crippen LogP contribution in [0.15, 0.2) is 247 Å². The Labute approximate surface area is 858 Å². The van der Waals surface area contributed by atoms with Crippen LogP contribution in [0.3, 0.4) is 0 Å². The number of hydrogen-bond acceptors (Lipinski definition) is 8. The Morgan fingerprint density at radius 3 is 0.851 bits per heavy atom. The molecule has 0 bridgehead atoms. The number of allylic oxidation sites excluding steroid dienone is 4. The van der Waals surface area contributed by atoms with Gasteiger partial charge in [0.05, 0.1) is 46.8 Å². The Balaban J connectivity index is 0.000000135. The fraction of sp³-hybridized carbons (Fsp3) is 0.534. The molecule has 8 heteroatoms. The minimum atomic E-state index is -0.705. The first-order valence-corrected chi connectivity index (χ1v) is 54.7. The van der Waals surface area contributed by atoms with E-state index in [1.165, 1.54) is 303 Å². The molecule has 0 radical (unpaired) electrons. The Hall–Kier alpha value is -9.66. The van der Waals surface area contributed by atoms with Crippen molar-refractivity contribution in [2.45, 2.75) is 402 Å². The van der Waals surface area contributed by atoms with Gasteiger partial charge in [-0.3, -0.25) is 0 Å². The molecule has 9 aromatic carbocycles. The lowest BCUT2D eigenvalue weighted by Gasteiger charge is -2.57. The molecule has 9 aromatic rings. The highest BCUT2D eigenvalue weighted by atomic mass is 15.5. The third kappa shape index (κ3) is 17.2. The number of aryl methyl sites for hydroxylation is 4. The minimum Gasteiger partial charge on any atom is -0.341 e. The Kier molecular flexibility index (Phi) is 30.0. The number of hydrogen-bond donors (Lipinski definition) is 0. The molecule has 8 nitrogen and oxygen atoms in total. The van der Waals surface area contributed by atoms with Crippen molar-refractivity contribution in [3.05, 3.63) is 320 Å². The summed E-state index contributed by atoms with van der Waals surface area (Å²) >= 11 is 0. The van der Waals surface area contributed by atoms with Gasteiger partial charge in [-0.05, 0) is 242 Å². The lowest BCUT2D eigenvalue weighted by molar-refractivity contribution is -0.0450. The van der Waals surface area contributed by atoms with Crippen LogP contribution >= 0.6 is 0 Å². The van der Waals surface area contributed by atoms with Gasteiger partial charge >= 0.3 is 0 Å². The van der Waals surface area contributed by atoms with Gasteiger partial charge in [0.25, 0.3) is 0 Å².